The molecule has 3 aromatic rings. The minimum atomic E-state index is -0.295. The van der Waals surface area contributed by atoms with Crippen molar-refractivity contribution < 1.29 is 14.6 Å². The molecule has 0 aliphatic carbocycles. The fourth-order valence-electron chi connectivity index (χ4n) is 2.42. The Hall–Kier alpha value is -3.01. The third-order valence-electron chi connectivity index (χ3n) is 3.45. The molecule has 4 heteroatoms. The Labute approximate surface area is 128 Å². The zero-order chi connectivity index (χ0) is 15.5. The number of benzene rings is 3. The van der Waals surface area contributed by atoms with Gasteiger partial charge in [-0.1, -0.05) is 36.4 Å². The van der Waals surface area contributed by atoms with Crippen molar-refractivity contribution in [3.63, 3.8) is 0 Å². The predicted octanol–water partition coefficient (Wildman–Crippen LogP) is 3.81. The maximum absolute atomic E-state index is 12.6. The van der Waals surface area contributed by atoms with Gasteiger partial charge in [0.15, 0.2) is 0 Å². The first-order chi connectivity index (χ1) is 10.7. The molecule has 0 atom stereocenters. The largest absolute Gasteiger partial charge is 0.508 e. The summed E-state index contributed by atoms with van der Waals surface area (Å²) in [5, 5.41) is 14.2. The molecular weight excluding hydrogens is 278 g/mol. The van der Waals surface area contributed by atoms with Crippen LogP contribution in [0, 0.1) is 0 Å². The zero-order valence-corrected chi connectivity index (χ0v) is 12.0. The van der Waals surface area contributed by atoms with E-state index in [0.717, 1.165) is 10.8 Å². The summed E-state index contributed by atoms with van der Waals surface area (Å²) < 4.78 is 5.23. The average Bonchev–Trinajstić information content (AvgIpc) is 2.54. The SMILES string of the molecule is COc1ccccc1NC(=O)c1cc(O)cc2ccccc12. The molecule has 0 unspecified atom stereocenters. The van der Waals surface area contributed by atoms with Crippen LogP contribution in [0.4, 0.5) is 5.69 Å². The topological polar surface area (TPSA) is 58.6 Å². The van der Waals surface area contributed by atoms with Crippen LogP contribution < -0.4 is 10.1 Å². The number of hydrogen-bond acceptors (Lipinski definition) is 3. The number of amides is 1. The van der Waals surface area contributed by atoms with E-state index in [1.165, 1.54) is 6.07 Å². The lowest BCUT2D eigenvalue weighted by Crippen LogP contribution is -2.13. The van der Waals surface area contributed by atoms with Crippen LogP contribution in [0.5, 0.6) is 11.5 Å². The van der Waals surface area contributed by atoms with E-state index in [1.807, 2.05) is 36.4 Å². The van der Waals surface area contributed by atoms with Crippen LogP contribution in [-0.4, -0.2) is 18.1 Å². The molecule has 0 saturated carbocycles. The van der Waals surface area contributed by atoms with Gasteiger partial charge in [-0.2, -0.15) is 0 Å². The van der Waals surface area contributed by atoms with Crippen LogP contribution in [0.3, 0.4) is 0 Å². The normalized spacial score (nSPS) is 10.4. The Bertz CT molecular complexity index is 843. The Morgan fingerprint density at radius 1 is 1.05 bits per heavy atom. The summed E-state index contributed by atoms with van der Waals surface area (Å²) in [7, 11) is 1.55. The summed E-state index contributed by atoms with van der Waals surface area (Å²) >= 11 is 0. The van der Waals surface area contributed by atoms with E-state index in [2.05, 4.69) is 5.32 Å². The first kappa shape index (κ1) is 13.9. The molecule has 110 valence electrons. The number of carbonyl (C=O) groups is 1. The number of phenolic OH excluding ortho intramolecular Hbond substituents is 1. The lowest BCUT2D eigenvalue weighted by atomic mass is 10.0. The van der Waals surface area contributed by atoms with Gasteiger partial charge < -0.3 is 15.2 Å². The molecule has 3 rings (SSSR count). The van der Waals surface area contributed by atoms with Crippen molar-refractivity contribution in [2.24, 2.45) is 0 Å². The highest BCUT2D eigenvalue weighted by Gasteiger charge is 2.13. The Morgan fingerprint density at radius 2 is 1.77 bits per heavy atom. The molecule has 2 N–H and O–H groups in total. The molecule has 0 aliphatic heterocycles. The Kier molecular flexibility index (Phi) is 3.66. The van der Waals surface area contributed by atoms with E-state index in [9.17, 15) is 9.90 Å². The fraction of sp³-hybridized carbons (Fsp3) is 0.0556. The third kappa shape index (κ3) is 2.59. The number of nitrogens with one attached hydrogen (secondary N) is 1. The number of aromatic hydroxyl groups is 1. The van der Waals surface area contributed by atoms with Gasteiger partial charge in [-0.05, 0) is 35.0 Å². The highest BCUT2D eigenvalue weighted by molar-refractivity contribution is 6.13. The number of phenols is 1. The number of methoxy groups -OCH3 is 1. The highest BCUT2D eigenvalue weighted by Crippen LogP contribution is 2.27. The highest BCUT2D eigenvalue weighted by atomic mass is 16.5. The lowest BCUT2D eigenvalue weighted by Gasteiger charge is -2.11. The van der Waals surface area contributed by atoms with Gasteiger partial charge in [0.1, 0.15) is 11.5 Å². The summed E-state index contributed by atoms with van der Waals surface area (Å²) in [6.07, 6.45) is 0. The summed E-state index contributed by atoms with van der Waals surface area (Å²) in [4.78, 5) is 12.6. The van der Waals surface area contributed by atoms with E-state index in [4.69, 9.17) is 4.74 Å². The molecule has 0 aliphatic rings. The molecule has 4 nitrogen and oxygen atoms in total. The van der Waals surface area contributed by atoms with Crippen molar-refractivity contribution in [3.05, 3.63) is 66.2 Å². The van der Waals surface area contributed by atoms with Crippen LogP contribution in [0.2, 0.25) is 0 Å². The number of para-hydroxylation sites is 2. The molecule has 0 fully saturated rings. The minimum Gasteiger partial charge on any atom is -0.508 e. The molecule has 1 amide bonds. The van der Waals surface area contributed by atoms with Gasteiger partial charge in [0.2, 0.25) is 0 Å². The number of fused-ring (bicyclic) bond motifs is 1. The van der Waals surface area contributed by atoms with Gasteiger partial charge in [0.05, 0.1) is 18.4 Å². The second kappa shape index (κ2) is 5.77. The van der Waals surface area contributed by atoms with E-state index >= 15 is 0 Å². The second-order valence-electron chi connectivity index (χ2n) is 4.87. The number of anilines is 1. The van der Waals surface area contributed by atoms with Crippen LogP contribution in [-0.2, 0) is 0 Å². The van der Waals surface area contributed by atoms with Gasteiger partial charge in [-0.25, -0.2) is 0 Å². The van der Waals surface area contributed by atoms with E-state index in [0.29, 0.717) is 17.0 Å². The first-order valence-corrected chi connectivity index (χ1v) is 6.85. The van der Waals surface area contributed by atoms with Crippen molar-refractivity contribution in [1.29, 1.82) is 0 Å². The zero-order valence-electron chi connectivity index (χ0n) is 12.0. The van der Waals surface area contributed by atoms with Crippen molar-refractivity contribution in [2.75, 3.05) is 12.4 Å². The van der Waals surface area contributed by atoms with Crippen molar-refractivity contribution in [3.8, 4) is 11.5 Å². The predicted molar refractivity (Wildman–Crippen MR) is 86.6 cm³/mol. The van der Waals surface area contributed by atoms with Crippen molar-refractivity contribution in [2.45, 2.75) is 0 Å². The maximum Gasteiger partial charge on any atom is 0.256 e. The smallest absolute Gasteiger partial charge is 0.256 e. The average molecular weight is 293 g/mol. The summed E-state index contributed by atoms with van der Waals surface area (Å²) in [6.45, 7) is 0. The van der Waals surface area contributed by atoms with Crippen LogP contribution in [0.1, 0.15) is 10.4 Å². The number of rotatable bonds is 3. The quantitative estimate of drug-likeness (QED) is 0.772. The van der Waals surface area contributed by atoms with Crippen LogP contribution in [0.15, 0.2) is 60.7 Å². The number of carbonyl (C=O) groups excluding carboxylic acids is 1. The van der Waals surface area contributed by atoms with E-state index in [-0.39, 0.29) is 11.7 Å². The van der Waals surface area contributed by atoms with E-state index < -0.39 is 0 Å². The van der Waals surface area contributed by atoms with Gasteiger partial charge in [0, 0.05) is 0 Å². The van der Waals surface area contributed by atoms with E-state index in [1.54, 1.807) is 25.3 Å². The number of hydrogen-bond donors (Lipinski definition) is 2. The second-order valence-corrected chi connectivity index (χ2v) is 4.87. The molecule has 22 heavy (non-hydrogen) atoms. The van der Waals surface area contributed by atoms with Crippen molar-refractivity contribution >= 4 is 22.4 Å². The minimum absolute atomic E-state index is 0.0591. The first-order valence-electron chi connectivity index (χ1n) is 6.85. The molecule has 0 spiro atoms. The molecule has 0 bridgehead atoms. The Morgan fingerprint density at radius 3 is 2.59 bits per heavy atom. The van der Waals surface area contributed by atoms with Gasteiger partial charge in [-0.3, -0.25) is 4.79 Å². The monoisotopic (exact) mass is 293 g/mol. The molecule has 3 aromatic carbocycles. The molecule has 0 radical (unpaired) electrons. The van der Waals surface area contributed by atoms with Crippen LogP contribution >= 0.6 is 0 Å². The van der Waals surface area contributed by atoms with Gasteiger partial charge in [0.25, 0.3) is 5.91 Å². The van der Waals surface area contributed by atoms with Crippen molar-refractivity contribution in [1.82, 2.24) is 0 Å². The summed E-state index contributed by atoms with van der Waals surface area (Å²) in [6, 6.07) is 17.7. The van der Waals surface area contributed by atoms with Gasteiger partial charge in [-0.15, -0.1) is 0 Å². The summed E-state index contributed by atoms with van der Waals surface area (Å²) in [5.74, 6) is 0.348. The molecule has 0 saturated heterocycles. The van der Waals surface area contributed by atoms with Crippen LogP contribution in [0.25, 0.3) is 10.8 Å². The maximum atomic E-state index is 12.6. The number of ether oxygens (including phenoxy) is 1. The standard InChI is InChI=1S/C18H15NO3/c1-22-17-9-5-4-8-16(17)19-18(21)15-11-13(20)10-12-6-2-3-7-14(12)15/h2-11,20H,1H3,(H,19,21). The van der Waals surface area contributed by atoms with Gasteiger partial charge >= 0.3 is 0 Å². The molecular formula is C18H15NO3. The fourth-order valence-corrected chi connectivity index (χ4v) is 2.42. The third-order valence-corrected chi connectivity index (χ3v) is 3.45. The molecule has 0 heterocycles. The summed E-state index contributed by atoms with van der Waals surface area (Å²) in [5.41, 5.74) is 1.00. The lowest BCUT2D eigenvalue weighted by molar-refractivity contribution is 0.102. The molecule has 0 aromatic heterocycles. The Balaban J connectivity index is 2.02.